The molecule has 1 N–H and O–H groups in total. The van der Waals surface area contributed by atoms with E-state index >= 15 is 0 Å². The van der Waals surface area contributed by atoms with Crippen molar-refractivity contribution in [3.8, 4) is 0 Å². The Morgan fingerprint density at radius 2 is 1.95 bits per heavy atom. The summed E-state index contributed by atoms with van der Waals surface area (Å²) in [7, 11) is 0. The highest BCUT2D eigenvalue weighted by Crippen LogP contribution is 2.87. The predicted octanol–water partition coefficient (Wildman–Crippen LogP) is 4.96. The van der Waals surface area contributed by atoms with Crippen LogP contribution in [0.1, 0.15) is 59.8 Å². The lowest BCUT2D eigenvalue weighted by Crippen LogP contribution is -2.40. The van der Waals surface area contributed by atoms with Gasteiger partial charge in [-0.2, -0.15) is 0 Å². The topological polar surface area (TPSA) is 12.0 Å². The van der Waals surface area contributed by atoms with Crippen LogP contribution in [0, 0.1) is 10.8 Å². The van der Waals surface area contributed by atoms with Gasteiger partial charge in [0.2, 0.25) is 0 Å². The first-order valence-electron chi connectivity index (χ1n) is 9.03. The van der Waals surface area contributed by atoms with E-state index in [9.17, 15) is 0 Å². The number of rotatable bonds is 3. The van der Waals surface area contributed by atoms with E-state index in [0.717, 1.165) is 0 Å². The molecule has 5 aliphatic rings. The van der Waals surface area contributed by atoms with Crippen molar-refractivity contribution < 1.29 is 0 Å². The van der Waals surface area contributed by atoms with Gasteiger partial charge in [-0.3, -0.25) is 5.32 Å². The molecule has 4 unspecified atom stereocenters. The second kappa shape index (κ2) is 4.13. The largest absolute Gasteiger partial charge is 0.300 e. The first-order chi connectivity index (χ1) is 10.5. The number of hydrogen-bond donors (Lipinski definition) is 1. The molecule has 0 aromatic rings. The van der Waals surface area contributed by atoms with E-state index in [1.54, 1.807) is 21.6 Å². The minimum Gasteiger partial charge on any atom is -0.300 e. The monoisotopic (exact) mass is 313 g/mol. The second-order valence-electron chi connectivity index (χ2n) is 8.46. The molecule has 3 fully saturated rings. The third-order valence-electron chi connectivity index (χ3n) is 7.48. The lowest BCUT2D eigenvalue weighted by atomic mass is 9.68. The molecular weight excluding hydrogens is 286 g/mol. The zero-order valence-electron chi connectivity index (χ0n) is 14.3. The maximum atomic E-state index is 4.04. The SMILES string of the molecule is CC1=C(C(C)NC2C3=C4CC5(C)C(=C2CC3)C45C)SCCC1. The van der Waals surface area contributed by atoms with Gasteiger partial charge >= 0.3 is 0 Å². The third kappa shape index (κ3) is 1.39. The average molecular weight is 314 g/mol. The van der Waals surface area contributed by atoms with Crippen molar-refractivity contribution in [1.29, 1.82) is 0 Å². The van der Waals surface area contributed by atoms with Gasteiger partial charge in [0.05, 0.1) is 6.04 Å². The summed E-state index contributed by atoms with van der Waals surface area (Å²) in [5.74, 6) is 1.31. The summed E-state index contributed by atoms with van der Waals surface area (Å²) in [6, 6.07) is 1.10. The van der Waals surface area contributed by atoms with E-state index in [0.29, 0.717) is 22.9 Å². The minimum absolute atomic E-state index is 0.504. The van der Waals surface area contributed by atoms with Gasteiger partial charge in [-0.05, 0) is 62.9 Å². The molecule has 3 saturated carbocycles. The zero-order chi connectivity index (χ0) is 15.3. The van der Waals surface area contributed by atoms with Crippen molar-refractivity contribution in [3.63, 3.8) is 0 Å². The predicted molar refractivity (Wildman–Crippen MR) is 94.9 cm³/mol. The van der Waals surface area contributed by atoms with Gasteiger partial charge in [-0.25, -0.2) is 0 Å². The van der Waals surface area contributed by atoms with Crippen LogP contribution in [-0.4, -0.2) is 17.8 Å². The standard InChI is InChI=1S/C20H27NS/c1-11-6-5-9-22-17(11)12(2)21-16-13-7-8-14(16)18-19(3)10-15(13)20(18,19)4/h12,16,21H,5-10H2,1-4H3. The second-order valence-corrected chi connectivity index (χ2v) is 9.59. The van der Waals surface area contributed by atoms with Crippen LogP contribution in [0.4, 0.5) is 0 Å². The van der Waals surface area contributed by atoms with E-state index in [1.807, 2.05) is 11.1 Å². The lowest BCUT2D eigenvalue weighted by Gasteiger charge is -2.37. The van der Waals surface area contributed by atoms with Gasteiger partial charge in [0.25, 0.3) is 0 Å². The number of thioether (sulfide) groups is 1. The Kier molecular flexibility index (Phi) is 2.62. The molecule has 2 bridgehead atoms. The number of nitrogens with one attached hydrogen (secondary N) is 1. The molecule has 118 valence electrons. The van der Waals surface area contributed by atoms with E-state index < -0.39 is 0 Å². The van der Waals surface area contributed by atoms with E-state index in [1.165, 1.54) is 37.9 Å². The Morgan fingerprint density at radius 1 is 1.18 bits per heavy atom. The van der Waals surface area contributed by atoms with Crippen molar-refractivity contribution in [2.75, 3.05) is 5.75 Å². The lowest BCUT2D eigenvalue weighted by molar-refractivity contribution is 0.318. The first kappa shape index (κ1) is 13.9. The Hall–Kier alpha value is -0.470. The van der Waals surface area contributed by atoms with E-state index in [-0.39, 0.29) is 0 Å². The van der Waals surface area contributed by atoms with Gasteiger partial charge in [0.1, 0.15) is 0 Å². The highest BCUT2D eigenvalue weighted by Gasteiger charge is 2.79. The molecule has 1 aliphatic heterocycles. The van der Waals surface area contributed by atoms with Crippen LogP contribution in [0.3, 0.4) is 0 Å². The van der Waals surface area contributed by atoms with Gasteiger partial charge in [0.15, 0.2) is 0 Å². The molecule has 0 spiro atoms. The zero-order valence-corrected chi connectivity index (χ0v) is 15.1. The van der Waals surface area contributed by atoms with Crippen molar-refractivity contribution >= 4 is 11.8 Å². The molecule has 1 heterocycles. The quantitative estimate of drug-likeness (QED) is 0.739. The van der Waals surface area contributed by atoms with Crippen LogP contribution in [0.15, 0.2) is 32.8 Å². The first-order valence-corrected chi connectivity index (χ1v) is 10.0. The highest BCUT2D eigenvalue weighted by molar-refractivity contribution is 8.03. The summed E-state index contributed by atoms with van der Waals surface area (Å²) in [5, 5.41) is 4.04. The van der Waals surface area contributed by atoms with Crippen LogP contribution in [-0.2, 0) is 0 Å². The Balaban J connectivity index is 1.46. The number of allylic oxidation sites excluding steroid dienone is 3. The third-order valence-corrected chi connectivity index (χ3v) is 8.99. The van der Waals surface area contributed by atoms with Crippen LogP contribution in [0.2, 0.25) is 0 Å². The normalized spacial score (nSPS) is 43.4. The molecule has 5 rings (SSSR count). The maximum absolute atomic E-state index is 4.04. The summed E-state index contributed by atoms with van der Waals surface area (Å²) in [4.78, 5) is 1.63. The van der Waals surface area contributed by atoms with Crippen LogP contribution >= 0.6 is 11.8 Å². The molecule has 1 nitrogen and oxygen atoms in total. The van der Waals surface area contributed by atoms with Gasteiger partial charge in [-0.1, -0.05) is 30.6 Å². The molecule has 0 aromatic carbocycles. The summed E-state index contributed by atoms with van der Waals surface area (Å²) >= 11 is 2.10. The molecule has 4 aliphatic carbocycles. The molecule has 22 heavy (non-hydrogen) atoms. The van der Waals surface area contributed by atoms with Crippen LogP contribution in [0.25, 0.3) is 0 Å². The molecule has 0 amide bonds. The molecular formula is C20H27NS. The fraction of sp³-hybridized carbons (Fsp3) is 0.700. The van der Waals surface area contributed by atoms with E-state index in [2.05, 4.69) is 44.8 Å². The van der Waals surface area contributed by atoms with Crippen LogP contribution in [0.5, 0.6) is 0 Å². The summed E-state index contributed by atoms with van der Waals surface area (Å²) in [6.45, 7) is 9.74. The summed E-state index contributed by atoms with van der Waals surface area (Å²) in [6.07, 6.45) is 6.68. The maximum Gasteiger partial charge on any atom is 0.0506 e. The molecule has 4 atom stereocenters. The smallest absolute Gasteiger partial charge is 0.0506 e. The fourth-order valence-corrected chi connectivity index (χ4v) is 7.36. The summed E-state index contributed by atoms with van der Waals surface area (Å²) < 4.78 is 0. The molecule has 0 aromatic heterocycles. The van der Waals surface area contributed by atoms with Crippen molar-refractivity contribution in [2.45, 2.75) is 71.9 Å². The van der Waals surface area contributed by atoms with Gasteiger partial charge < -0.3 is 0 Å². The minimum atomic E-state index is 0.504. The van der Waals surface area contributed by atoms with Gasteiger partial charge in [0, 0.05) is 21.8 Å². The Labute approximate surface area is 138 Å². The highest BCUT2D eigenvalue weighted by atomic mass is 32.2. The fourth-order valence-electron chi connectivity index (χ4n) is 6.19. The van der Waals surface area contributed by atoms with Crippen molar-refractivity contribution in [2.24, 2.45) is 10.8 Å². The van der Waals surface area contributed by atoms with Crippen molar-refractivity contribution in [3.05, 3.63) is 32.8 Å². The van der Waals surface area contributed by atoms with Gasteiger partial charge in [-0.15, -0.1) is 11.8 Å². The number of hydrogen-bond acceptors (Lipinski definition) is 2. The Morgan fingerprint density at radius 3 is 2.73 bits per heavy atom. The molecule has 0 saturated heterocycles. The number of fused-ring (bicyclic) bond motifs is 3. The molecule has 0 radical (unpaired) electrons. The van der Waals surface area contributed by atoms with Crippen molar-refractivity contribution in [1.82, 2.24) is 5.32 Å². The Bertz CT molecular complexity index is 682. The summed E-state index contributed by atoms with van der Waals surface area (Å²) in [5.41, 5.74) is 9.90. The average Bonchev–Trinajstić information content (AvgIpc) is 2.74. The van der Waals surface area contributed by atoms with E-state index in [4.69, 9.17) is 0 Å². The van der Waals surface area contributed by atoms with Crippen LogP contribution < -0.4 is 5.32 Å². The molecule has 2 heteroatoms.